The molecule has 76 valence electrons. The van der Waals surface area contributed by atoms with Crippen molar-refractivity contribution in [3.63, 3.8) is 0 Å². The van der Waals surface area contributed by atoms with Gasteiger partial charge in [0.2, 0.25) is 5.28 Å². The number of hydrogen-bond donors (Lipinski definition) is 1. The second kappa shape index (κ2) is 4.97. The van der Waals surface area contributed by atoms with E-state index in [0.717, 1.165) is 11.8 Å². The zero-order valence-electron chi connectivity index (χ0n) is 7.10. The normalized spacial score (nSPS) is 9.86. The average molecular weight is 236 g/mol. The first-order chi connectivity index (χ1) is 6.61. The van der Waals surface area contributed by atoms with Crippen LogP contribution < -0.4 is 4.74 Å². The van der Waals surface area contributed by atoms with Crippen LogP contribution in [0.15, 0.2) is 5.16 Å². The largest absolute Gasteiger partial charge is 0.481 e. The molecule has 0 amide bonds. The van der Waals surface area contributed by atoms with Gasteiger partial charge in [-0.1, -0.05) is 11.8 Å². The van der Waals surface area contributed by atoms with E-state index in [9.17, 15) is 4.79 Å². The van der Waals surface area contributed by atoms with Gasteiger partial charge in [0, 0.05) is 0 Å². The molecule has 0 aliphatic heterocycles. The Labute approximate surface area is 88.7 Å². The molecule has 0 aromatic carbocycles. The van der Waals surface area contributed by atoms with Crippen molar-refractivity contribution in [2.45, 2.75) is 5.16 Å². The van der Waals surface area contributed by atoms with Crippen LogP contribution in [0.25, 0.3) is 0 Å². The zero-order chi connectivity index (χ0) is 10.6. The molecule has 14 heavy (non-hydrogen) atoms. The van der Waals surface area contributed by atoms with Gasteiger partial charge in [0.15, 0.2) is 5.16 Å². The Morgan fingerprint density at radius 1 is 1.57 bits per heavy atom. The molecular weight excluding hydrogens is 230 g/mol. The molecule has 0 saturated carbocycles. The highest BCUT2D eigenvalue weighted by Crippen LogP contribution is 2.16. The lowest BCUT2D eigenvalue weighted by Crippen LogP contribution is -2.01. The number of carboxylic acid groups (broad SMARTS) is 1. The van der Waals surface area contributed by atoms with E-state index in [1.807, 2.05) is 0 Å². The summed E-state index contributed by atoms with van der Waals surface area (Å²) in [5.74, 6) is -1.09. The Morgan fingerprint density at radius 3 is 2.86 bits per heavy atom. The maximum atomic E-state index is 10.3. The van der Waals surface area contributed by atoms with Gasteiger partial charge in [-0.2, -0.15) is 15.0 Å². The minimum absolute atomic E-state index is 0.0234. The third-order valence-electron chi connectivity index (χ3n) is 1.07. The molecule has 6 nitrogen and oxygen atoms in total. The number of aliphatic carboxylic acids is 1. The zero-order valence-corrected chi connectivity index (χ0v) is 8.67. The Kier molecular flexibility index (Phi) is 3.90. The molecule has 8 heteroatoms. The van der Waals surface area contributed by atoms with E-state index < -0.39 is 5.97 Å². The molecule has 0 aliphatic carbocycles. The summed E-state index contributed by atoms with van der Waals surface area (Å²) in [6, 6.07) is 0.0675. The number of nitrogens with zero attached hydrogens (tertiary/aromatic N) is 3. The lowest BCUT2D eigenvalue weighted by molar-refractivity contribution is -0.133. The summed E-state index contributed by atoms with van der Waals surface area (Å²) >= 11 is 6.49. The fourth-order valence-corrected chi connectivity index (χ4v) is 1.35. The molecule has 0 bridgehead atoms. The molecule has 1 N–H and O–H groups in total. The fourth-order valence-electron chi connectivity index (χ4n) is 0.597. The van der Waals surface area contributed by atoms with Gasteiger partial charge >= 0.3 is 12.0 Å². The van der Waals surface area contributed by atoms with Crippen molar-refractivity contribution in [1.29, 1.82) is 0 Å². The van der Waals surface area contributed by atoms with Crippen LogP contribution in [-0.4, -0.2) is 38.9 Å². The van der Waals surface area contributed by atoms with E-state index >= 15 is 0 Å². The van der Waals surface area contributed by atoms with E-state index in [2.05, 4.69) is 15.0 Å². The molecular formula is C6H6ClN3O3S. The van der Waals surface area contributed by atoms with Gasteiger partial charge in [-0.05, 0) is 11.6 Å². The topological polar surface area (TPSA) is 85.2 Å². The third-order valence-corrected chi connectivity index (χ3v) is 2.08. The van der Waals surface area contributed by atoms with Gasteiger partial charge in [0.05, 0.1) is 12.9 Å². The maximum absolute atomic E-state index is 10.3. The van der Waals surface area contributed by atoms with Gasteiger partial charge in [-0.25, -0.2) is 0 Å². The van der Waals surface area contributed by atoms with Gasteiger partial charge < -0.3 is 9.84 Å². The van der Waals surface area contributed by atoms with Crippen LogP contribution in [0.5, 0.6) is 6.01 Å². The Balaban J connectivity index is 2.76. The Morgan fingerprint density at radius 2 is 2.29 bits per heavy atom. The number of hydrogen-bond acceptors (Lipinski definition) is 6. The minimum atomic E-state index is -0.953. The number of methoxy groups -OCH3 is 1. The van der Waals surface area contributed by atoms with Crippen molar-refractivity contribution in [1.82, 2.24) is 15.0 Å². The fraction of sp³-hybridized carbons (Fsp3) is 0.333. The van der Waals surface area contributed by atoms with Gasteiger partial charge in [0.25, 0.3) is 0 Å². The predicted molar refractivity (Wildman–Crippen MR) is 49.7 cm³/mol. The van der Waals surface area contributed by atoms with Crippen LogP contribution in [0.1, 0.15) is 0 Å². The average Bonchev–Trinajstić information content (AvgIpc) is 2.14. The van der Waals surface area contributed by atoms with Crippen molar-refractivity contribution >= 4 is 29.3 Å². The molecule has 0 unspecified atom stereocenters. The van der Waals surface area contributed by atoms with E-state index in [4.69, 9.17) is 21.4 Å². The van der Waals surface area contributed by atoms with Crippen LogP contribution in [0.2, 0.25) is 5.28 Å². The summed E-state index contributed by atoms with van der Waals surface area (Å²) in [5, 5.41) is 8.62. The number of thioether (sulfide) groups is 1. The van der Waals surface area contributed by atoms with Gasteiger partial charge in [0.1, 0.15) is 0 Å². The standard InChI is InChI=1S/C6H6ClN3O3S/c1-13-5-8-4(7)9-6(10-5)14-2-3(11)12/h2H2,1H3,(H,11,12). The lowest BCUT2D eigenvalue weighted by atomic mass is 10.8. The van der Waals surface area contributed by atoms with Crippen LogP contribution in [0.4, 0.5) is 0 Å². The number of ether oxygens (including phenoxy) is 1. The second-order valence-corrected chi connectivity index (χ2v) is 3.34. The summed E-state index contributed by atoms with van der Waals surface area (Å²) < 4.78 is 4.74. The molecule has 1 heterocycles. The summed E-state index contributed by atoms with van der Waals surface area (Å²) in [6.07, 6.45) is 0. The maximum Gasteiger partial charge on any atom is 0.321 e. The van der Waals surface area contributed by atoms with Crippen molar-refractivity contribution in [2.24, 2.45) is 0 Å². The van der Waals surface area contributed by atoms with E-state index in [1.54, 1.807) is 0 Å². The molecule has 0 aliphatic rings. The third kappa shape index (κ3) is 3.35. The number of aromatic nitrogens is 3. The molecule has 0 fully saturated rings. The number of rotatable bonds is 4. The first-order valence-electron chi connectivity index (χ1n) is 3.42. The van der Waals surface area contributed by atoms with Crippen molar-refractivity contribution in [3.8, 4) is 6.01 Å². The highest BCUT2D eigenvalue weighted by atomic mass is 35.5. The molecule has 1 aromatic rings. The number of carbonyl (C=O) groups is 1. The summed E-state index contributed by atoms with van der Waals surface area (Å²) in [6.45, 7) is 0. The first-order valence-corrected chi connectivity index (χ1v) is 4.78. The van der Waals surface area contributed by atoms with Gasteiger partial charge in [-0.3, -0.25) is 4.79 Å². The summed E-state index contributed by atoms with van der Waals surface area (Å²) in [5.41, 5.74) is 0. The number of carboxylic acids is 1. The smallest absolute Gasteiger partial charge is 0.321 e. The Hall–Kier alpha value is -1.08. The van der Waals surface area contributed by atoms with Crippen molar-refractivity contribution in [3.05, 3.63) is 5.28 Å². The van der Waals surface area contributed by atoms with Crippen LogP contribution >= 0.6 is 23.4 Å². The Bertz CT molecular complexity index is 349. The molecule has 0 radical (unpaired) electrons. The summed E-state index contributed by atoms with van der Waals surface area (Å²) in [4.78, 5) is 21.4. The highest BCUT2D eigenvalue weighted by molar-refractivity contribution is 7.99. The van der Waals surface area contributed by atoms with Crippen LogP contribution in [-0.2, 0) is 4.79 Å². The molecule has 0 spiro atoms. The molecule has 0 saturated heterocycles. The predicted octanol–water partition coefficient (Wildman–Crippen LogP) is 0.710. The van der Waals surface area contributed by atoms with E-state index in [-0.39, 0.29) is 22.2 Å². The van der Waals surface area contributed by atoms with Crippen molar-refractivity contribution < 1.29 is 14.6 Å². The first kappa shape index (κ1) is 11.0. The number of halogens is 1. The molecule has 0 atom stereocenters. The SMILES string of the molecule is COc1nc(Cl)nc(SCC(=O)O)n1. The summed E-state index contributed by atoms with van der Waals surface area (Å²) in [7, 11) is 1.39. The lowest BCUT2D eigenvalue weighted by Gasteiger charge is -2.00. The highest BCUT2D eigenvalue weighted by Gasteiger charge is 2.07. The van der Waals surface area contributed by atoms with Gasteiger partial charge in [-0.15, -0.1) is 0 Å². The monoisotopic (exact) mass is 235 g/mol. The minimum Gasteiger partial charge on any atom is -0.481 e. The molecule has 1 rings (SSSR count). The molecule has 1 aromatic heterocycles. The van der Waals surface area contributed by atoms with E-state index in [0.29, 0.717) is 0 Å². The van der Waals surface area contributed by atoms with E-state index in [1.165, 1.54) is 7.11 Å². The van der Waals surface area contributed by atoms with Crippen LogP contribution in [0.3, 0.4) is 0 Å². The quantitative estimate of drug-likeness (QED) is 0.769. The second-order valence-electron chi connectivity index (χ2n) is 2.06. The van der Waals surface area contributed by atoms with Crippen molar-refractivity contribution in [2.75, 3.05) is 12.9 Å². The van der Waals surface area contributed by atoms with Crippen LogP contribution in [0, 0.1) is 0 Å².